The summed E-state index contributed by atoms with van der Waals surface area (Å²) >= 11 is 7.30. The number of rotatable bonds is 6. The fraction of sp³-hybridized carbons (Fsp3) is 0.182. The van der Waals surface area contributed by atoms with Crippen LogP contribution in [-0.4, -0.2) is 17.9 Å². The Labute approximate surface area is 177 Å². The monoisotopic (exact) mass is 425 g/mol. The van der Waals surface area contributed by atoms with Crippen LogP contribution >= 0.6 is 22.9 Å². The molecule has 1 aliphatic rings. The first kappa shape index (κ1) is 19.6. The van der Waals surface area contributed by atoms with Crippen LogP contribution in [0.5, 0.6) is 0 Å². The first-order chi connectivity index (χ1) is 14.0. The van der Waals surface area contributed by atoms with Gasteiger partial charge in [0, 0.05) is 28.9 Å². The molecule has 3 aromatic rings. The zero-order valence-electron chi connectivity index (χ0n) is 15.6. The molecule has 5 nitrogen and oxygen atoms in total. The molecule has 1 aromatic heterocycles. The molecule has 7 heteroatoms. The summed E-state index contributed by atoms with van der Waals surface area (Å²) in [6.45, 7) is 0.264. The van der Waals surface area contributed by atoms with Gasteiger partial charge in [-0.05, 0) is 65.2 Å². The van der Waals surface area contributed by atoms with Crippen LogP contribution in [0, 0.1) is 0 Å². The van der Waals surface area contributed by atoms with E-state index in [4.69, 9.17) is 17.3 Å². The lowest BCUT2D eigenvalue weighted by atomic mass is 10.1. The summed E-state index contributed by atoms with van der Waals surface area (Å²) in [5, 5.41) is 8.46. The van der Waals surface area contributed by atoms with Crippen molar-refractivity contribution in [3.05, 3.63) is 74.9 Å². The van der Waals surface area contributed by atoms with Crippen LogP contribution in [0.4, 0.5) is 5.69 Å². The van der Waals surface area contributed by atoms with Gasteiger partial charge in [-0.2, -0.15) is 0 Å². The zero-order chi connectivity index (χ0) is 20.4. The van der Waals surface area contributed by atoms with Crippen LogP contribution in [0.2, 0.25) is 5.02 Å². The van der Waals surface area contributed by atoms with Crippen molar-refractivity contribution in [3.63, 3.8) is 0 Å². The molecule has 1 fully saturated rings. The van der Waals surface area contributed by atoms with Crippen molar-refractivity contribution in [1.82, 2.24) is 5.32 Å². The van der Waals surface area contributed by atoms with E-state index in [-0.39, 0.29) is 24.4 Å². The fourth-order valence-electron chi connectivity index (χ4n) is 2.94. The van der Waals surface area contributed by atoms with Crippen LogP contribution in [0.15, 0.2) is 53.9 Å². The molecule has 2 aromatic carbocycles. The second kappa shape index (κ2) is 8.37. The van der Waals surface area contributed by atoms with Crippen molar-refractivity contribution in [2.24, 2.45) is 5.73 Å². The van der Waals surface area contributed by atoms with Crippen molar-refractivity contribution in [1.29, 1.82) is 0 Å². The smallest absolute Gasteiger partial charge is 0.265 e. The van der Waals surface area contributed by atoms with E-state index in [9.17, 15) is 9.59 Å². The van der Waals surface area contributed by atoms with Gasteiger partial charge in [-0.3, -0.25) is 9.59 Å². The molecule has 1 heterocycles. The van der Waals surface area contributed by atoms with Gasteiger partial charge in [-0.25, -0.2) is 0 Å². The summed E-state index contributed by atoms with van der Waals surface area (Å²) in [6, 6.07) is 14.8. The Balaban J connectivity index is 1.52. The topological polar surface area (TPSA) is 84.2 Å². The van der Waals surface area contributed by atoms with Crippen molar-refractivity contribution < 1.29 is 9.59 Å². The van der Waals surface area contributed by atoms with Crippen LogP contribution in [0.3, 0.4) is 0 Å². The van der Waals surface area contributed by atoms with Crippen LogP contribution in [0.1, 0.15) is 38.4 Å². The van der Waals surface area contributed by atoms with Crippen molar-refractivity contribution >= 4 is 40.4 Å². The van der Waals surface area contributed by atoms with Gasteiger partial charge in [-0.15, -0.1) is 11.3 Å². The highest BCUT2D eigenvalue weighted by Gasteiger charge is 2.24. The van der Waals surface area contributed by atoms with Gasteiger partial charge in [0.1, 0.15) is 0 Å². The maximum absolute atomic E-state index is 12.8. The third-order valence-corrected chi connectivity index (χ3v) is 5.93. The molecule has 0 spiro atoms. The number of carbonyl (C=O) groups excluding carboxylic acids is 2. The maximum Gasteiger partial charge on any atom is 0.265 e. The number of carbonyl (C=O) groups is 2. The molecule has 1 aliphatic carbocycles. The van der Waals surface area contributed by atoms with Crippen molar-refractivity contribution in [3.8, 4) is 11.1 Å². The maximum atomic E-state index is 12.8. The number of hydrogen-bond acceptors (Lipinski definition) is 4. The molecule has 1 saturated carbocycles. The normalized spacial score (nSPS) is 13.2. The van der Waals surface area contributed by atoms with Gasteiger partial charge in [0.05, 0.1) is 4.88 Å². The number of thiophene rings is 1. The second-order valence-electron chi connectivity index (χ2n) is 6.98. The molecular formula is C22H20ClN3O2S. The predicted molar refractivity (Wildman–Crippen MR) is 118 cm³/mol. The molecular weight excluding hydrogens is 406 g/mol. The van der Waals surface area contributed by atoms with E-state index >= 15 is 0 Å². The Bertz CT molecular complexity index is 1060. The highest BCUT2D eigenvalue weighted by Crippen LogP contribution is 2.28. The summed E-state index contributed by atoms with van der Waals surface area (Å²) in [4.78, 5) is 25.7. The third-order valence-electron chi connectivity index (χ3n) is 4.75. The van der Waals surface area contributed by atoms with E-state index in [2.05, 4.69) is 10.6 Å². The molecule has 0 radical (unpaired) electrons. The SMILES string of the molecule is NCc1ccc(C(=O)NC2CC2)cc1NC(=O)c1cc(-c2ccc(Cl)cc2)cs1. The first-order valence-electron chi connectivity index (χ1n) is 9.33. The van der Waals surface area contributed by atoms with Gasteiger partial charge in [0.25, 0.3) is 11.8 Å². The van der Waals surface area contributed by atoms with E-state index in [1.807, 2.05) is 35.7 Å². The van der Waals surface area contributed by atoms with Crippen LogP contribution in [0.25, 0.3) is 11.1 Å². The summed E-state index contributed by atoms with van der Waals surface area (Å²) < 4.78 is 0. The lowest BCUT2D eigenvalue weighted by molar-refractivity contribution is 0.0949. The summed E-state index contributed by atoms with van der Waals surface area (Å²) in [5.74, 6) is -0.364. The average Bonchev–Trinajstić information content (AvgIpc) is 3.39. The highest BCUT2D eigenvalue weighted by molar-refractivity contribution is 7.12. The van der Waals surface area contributed by atoms with Gasteiger partial charge >= 0.3 is 0 Å². The minimum atomic E-state index is -0.232. The first-order valence-corrected chi connectivity index (χ1v) is 10.6. The number of halogens is 1. The standard InChI is InChI=1S/C22H20ClN3O2S/c23-17-5-3-13(4-6-17)16-10-20(29-12-16)22(28)26-19-9-14(1-2-15(19)11-24)21(27)25-18-7-8-18/h1-6,9-10,12,18H,7-8,11,24H2,(H,25,27)(H,26,28). The van der Waals surface area contributed by atoms with Crippen molar-refractivity contribution in [2.75, 3.05) is 5.32 Å². The molecule has 0 aliphatic heterocycles. The lowest BCUT2D eigenvalue weighted by Gasteiger charge is -2.12. The average molecular weight is 426 g/mol. The molecule has 0 atom stereocenters. The lowest BCUT2D eigenvalue weighted by Crippen LogP contribution is -2.25. The molecule has 0 saturated heterocycles. The number of amides is 2. The van der Waals surface area contributed by atoms with E-state index < -0.39 is 0 Å². The Hall–Kier alpha value is -2.67. The van der Waals surface area contributed by atoms with Gasteiger partial charge in [0.2, 0.25) is 0 Å². The van der Waals surface area contributed by atoms with Crippen LogP contribution in [-0.2, 0) is 6.54 Å². The third kappa shape index (κ3) is 4.67. The predicted octanol–water partition coefficient (Wildman–Crippen LogP) is 4.67. The van der Waals surface area contributed by atoms with E-state index in [0.29, 0.717) is 21.2 Å². The second-order valence-corrected chi connectivity index (χ2v) is 8.33. The van der Waals surface area contributed by atoms with E-state index in [1.165, 1.54) is 11.3 Å². The Morgan fingerprint density at radius 2 is 1.79 bits per heavy atom. The Kier molecular flexibility index (Phi) is 5.67. The minimum Gasteiger partial charge on any atom is -0.349 e. The zero-order valence-corrected chi connectivity index (χ0v) is 17.1. The molecule has 0 bridgehead atoms. The number of nitrogens with two attached hydrogens (primary N) is 1. The van der Waals surface area contributed by atoms with Gasteiger partial charge in [0.15, 0.2) is 0 Å². The van der Waals surface area contributed by atoms with Gasteiger partial charge < -0.3 is 16.4 Å². The number of nitrogens with one attached hydrogen (secondary N) is 2. The summed E-state index contributed by atoms with van der Waals surface area (Å²) in [6.07, 6.45) is 2.04. The number of anilines is 1. The minimum absolute atomic E-state index is 0.132. The van der Waals surface area contributed by atoms with E-state index in [1.54, 1.807) is 18.2 Å². The molecule has 29 heavy (non-hydrogen) atoms. The highest BCUT2D eigenvalue weighted by atomic mass is 35.5. The molecule has 2 amide bonds. The Morgan fingerprint density at radius 3 is 2.48 bits per heavy atom. The summed E-state index contributed by atoms with van der Waals surface area (Å²) in [7, 11) is 0. The largest absolute Gasteiger partial charge is 0.349 e. The molecule has 0 unspecified atom stereocenters. The molecule has 148 valence electrons. The quantitative estimate of drug-likeness (QED) is 0.536. The number of benzene rings is 2. The molecule has 4 rings (SSSR count). The van der Waals surface area contributed by atoms with E-state index in [0.717, 1.165) is 29.5 Å². The fourth-order valence-corrected chi connectivity index (χ4v) is 3.88. The molecule has 4 N–H and O–H groups in total. The van der Waals surface area contributed by atoms with Crippen molar-refractivity contribution in [2.45, 2.75) is 25.4 Å². The number of hydrogen-bond donors (Lipinski definition) is 3. The van der Waals surface area contributed by atoms with Gasteiger partial charge in [-0.1, -0.05) is 29.8 Å². The summed E-state index contributed by atoms with van der Waals surface area (Å²) in [5.41, 5.74) is 9.60. The Morgan fingerprint density at radius 1 is 1.03 bits per heavy atom. The van der Waals surface area contributed by atoms with Crippen LogP contribution < -0.4 is 16.4 Å².